The fraction of sp³-hybridized carbons (Fsp3) is 0.333. The Bertz CT molecular complexity index is 898. The van der Waals surface area contributed by atoms with Crippen LogP contribution in [-0.2, 0) is 0 Å². The topological polar surface area (TPSA) is 94.3 Å². The van der Waals surface area contributed by atoms with E-state index >= 15 is 0 Å². The van der Waals surface area contributed by atoms with Gasteiger partial charge in [0, 0.05) is 24.0 Å². The monoisotopic (exact) mass is 340 g/mol. The molecule has 1 aliphatic rings. The van der Waals surface area contributed by atoms with Crippen molar-refractivity contribution in [2.75, 3.05) is 11.1 Å². The summed E-state index contributed by atoms with van der Waals surface area (Å²) in [5.41, 5.74) is 15.0. The molecule has 3 aromatic rings. The second-order valence-electron chi connectivity index (χ2n) is 6.59. The molecule has 5 N–H and O–H groups in total. The zero-order chi connectivity index (χ0) is 17.4. The molecule has 130 valence electrons. The van der Waals surface area contributed by atoms with E-state index in [-0.39, 0.29) is 17.8 Å². The lowest BCUT2D eigenvalue weighted by Gasteiger charge is -2.28. The van der Waals surface area contributed by atoms with Crippen LogP contribution in [0, 0.1) is 5.82 Å². The van der Waals surface area contributed by atoms with Gasteiger partial charge in [0.2, 0.25) is 0 Å². The van der Waals surface area contributed by atoms with Crippen molar-refractivity contribution < 1.29 is 4.39 Å². The molecule has 2 aromatic heterocycles. The number of halogens is 1. The third kappa shape index (κ3) is 2.91. The summed E-state index contributed by atoms with van der Waals surface area (Å²) >= 11 is 0. The SMILES string of the molecule is Nc1nn2ccnc2c(Nc2ccccc2F)c1[C@H]1CC[C@H](N)CC1. The van der Waals surface area contributed by atoms with Crippen LogP contribution in [0.15, 0.2) is 36.7 Å². The van der Waals surface area contributed by atoms with Crippen LogP contribution in [-0.4, -0.2) is 20.6 Å². The average Bonchev–Trinajstić information content (AvgIpc) is 3.06. The van der Waals surface area contributed by atoms with E-state index in [1.807, 2.05) is 0 Å². The Morgan fingerprint density at radius 2 is 1.92 bits per heavy atom. The molecule has 1 aromatic carbocycles. The molecular weight excluding hydrogens is 319 g/mol. The minimum atomic E-state index is -0.320. The third-order valence-corrected chi connectivity index (χ3v) is 4.92. The highest BCUT2D eigenvalue weighted by molar-refractivity contribution is 5.80. The normalized spacial score (nSPS) is 20.7. The maximum Gasteiger partial charge on any atom is 0.177 e. The molecule has 0 saturated heterocycles. The molecule has 0 atom stereocenters. The number of nitrogens with two attached hydrogens (primary N) is 2. The molecule has 1 saturated carbocycles. The summed E-state index contributed by atoms with van der Waals surface area (Å²) in [4.78, 5) is 4.39. The van der Waals surface area contributed by atoms with E-state index < -0.39 is 0 Å². The van der Waals surface area contributed by atoms with E-state index in [4.69, 9.17) is 11.5 Å². The molecule has 0 aliphatic heterocycles. The van der Waals surface area contributed by atoms with E-state index in [2.05, 4.69) is 15.4 Å². The maximum absolute atomic E-state index is 14.2. The number of imidazole rings is 1. The van der Waals surface area contributed by atoms with E-state index in [1.54, 1.807) is 35.1 Å². The van der Waals surface area contributed by atoms with Crippen molar-refractivity contribution in [3.8, 4) is 0 Å². The van der Waals surface area contributed by atoms with Crippen LogP contribution >= 0.6 is 0 Å². The van der Waals surface area contributed by atoms with Crippen molar-refractivity contribution in [3.05, 3.63) is 48.0 Å². The number of nitrogens with one attached hydrogen (secondary N) is 1. The Kier molecular flexibility index (Phi) is 4.01. The van der Waals surface area contributed by atoms with E-state index in [0.717, 1.165) is 36.9 Å². The molecule has 4 rings (SSSR count). The van der Waals surface area contributed by atoms with Crippen LogP contribution in [0.2, 0.25) is 0 Å². The van der Waals surface area contributed by atoms with Crippen LogP contribution in [0.1, 0.15) is 37.2 Å². The van der Waals surface area contributed by atoms with Gasteiger partial charge in [-0.3, -0.25) is 0 Å². The Hall–Kier alpha value is -2.67. The van der Waals surface area contributed by atoms with Gasteiger partial charge in [0.1, 0.15) is 11.6 Å². The van der Waals surface area contributed by atoms with Gasteiger partial charge in [-0.1, -0.05) is 12.1 Å². The van der Waals surface area contributed by atoms with Crippen molar-refractivity contribution in [1.29, 1.82) is 0 Å². The number of anilines is 3. The Morgan fingerprint density at radius 1 is 1.16 bits per heavy atom. The Labute approximate surface area is 145 Å². The molecule has 2 heterocycles. The molecule has 0 radical (unpaired) electrons. The molecule has 0 unspecified atom stereocenters. The van der Waals surface area contributed by atoms with Gasteiger partial charge in [-0.05, 0) is 43.7 Å². The predicted molar refractivity (Wildman–Crippen MR) is 96.3 cm³/mol. The van der Waals surface area contributed by atoms with Gasteiger partial charge < -0.3 is 16.8 Å². The number of hydrogen-bond acceptors (Lipinski definition) is 5. The second kappa shape index (κ2) is 6.33. The second-order valence-corrected chi connectivity index (χ2v) is 6.59. The van der Waals surface area contributed by atoms with Crippen LogP contribution in [0.5, 0.6) is 0 Å². The van der Waals surface area contributed by atoms with Gasteiger partial charge in [-0.2, -0.15) is 0 Å². The third-order valence-electron chi connectivity index (χ3n) is 4.92. The highest BCUT2D eigenvalue weighted by Gasteiger charge is 2.27. The van der Waals surface area contributed by atoms with Crippen molar-refractivity contribution in [1.82, 2.24) is 14.6 Å². The molecule has 0 bridgehead atoms. The number of benzene rings is 1. The van der Waals surface area contributed by atoms with Crippen molar-refractivity contribution in [3.63, 3.8) is 0 Å². The Balaban J connectivity index is 1.83. The first-order valence-electron chi connectivity index (χ1n) is 8.53. The number of nitrogen functional groups attached to an aromatic ring is 1. The molecular formula is C18H21FN6. The summed E-state index contributed by atoms with van der Waals surface area (Å²) in [5, 5.41) is 7.63. The molecule has 7 heteroatoms. The molecule has 1 aliphatic carbocycles. The number of para-hydroxylation sites is 1. The summed E-state index contributed by atoms with van der Waals surface area (Å²) < 4.78 is 15.8. The van der Waals surface area contributed by atoms with Crippen LogP contribution in [0.3, 0.4) is 0 Å². The lowest BCUT2D eigenvalue weighted by Crippen LogP contribution is -2.26. The van der Waals surface area contributed by atoms with E-state index in [1.165, 1.54) is 6.07 Å². The highest BCUT2D eigenvalue weighted by Crippen LogP contribution is 2.41. The fourth-order valence-electron chi connectivity index (χ4n) is 3.62. The van der Waals surface area contributed by atoms with Crippen molar-refractivity contribution >= 4 is 22.8 Å². The molecule has 1 fully saturated rings. The first-order valence-corrected chi connectivity index (χ1v) is 8.53. The summed E-state index contributed by atoms with van der Waals surface area (Å²) in [5.74, 6) is 0.368. The first kappa shape index (κ1) is 15.8. The lowest BCUT2D eigenvalue weighted by atomic mass is 9.81. The minimum Gasteiger partial charge on any atom is -0.382 e. The van der Waals surface area contributed by atoms with Gasteiger partial charge in [-0.15, -0.1) is 5.10 Å². The summed E-state index contributed by atoms with van der Waals surface area (Å²) in [6.07, 6.45) is 7.17. The largest absolute Gasteiger partial charge is 0.382 e. The van der Waals surface area contributed by atoms with Crippen LogP contribution in [0.4, 0.5) is 21.6 Å². The van der Waals surface area contributed by atoms with E-state index in [0.29, 0.717) is 17.2 Å². The lowest BCUT2D eigenvalue weighted by molar-refractivity contribution is 0.396. The van der Waals surface area contributed by atoms with Gasteiger partial charge in [0.25, 0.3) is 0 Å². The van der Waals surface area contributed by atoms with Gasteiger partial charge in [0.05, 0.1) is 11.4 Å². The number of nitrogens with zero attached hydrogens (tertiary/aromatic N) is 3. The number of aromatic nitrogens is 3. The molecule has 6 nitrogen and oxygen atoms in total. The van der Waals surface area contributed by atoms with Crippen molar-refractivity contribution in [2.45, 2.75) is 37.6 Å². The Morgan fingerprint density at radius 3 is 2.68 bits per heavy atom. The first-order chi connectivity index (χ1) is 12.1. The predicted octanol–water partition coefficient (Wildman–Crippen LogP) is 3.18. The number of hydrogen-bond donors (Lipinski definition) is 3. The smallest absolute Gasteiger partial charge is 0.177 e. The quantitative estimate of drug-likeness (QED) is 0.681. The minimum absolute atomic E-state index is 0.239. The average molecular weight is 340 g/mol. The van der Waals surface area contributed by atoms with Crippen molar-refractivity contribution in [2.24, 2.45) is 5.73 Å². The molecule has 0 spiro atoms. The number of fused-ring (bicyclic) bond motifs is 1. The van der Waals surface area contributed by atoms with Gasteiger partial charge in [0.15, 0.2) is 5.65 Å². The zero-order valence-electron chi connectivity index (χ0n) is 13.8. The summed E-state index contributed by atoms with van der Waals surface area (Å²) in [7, 11) is 0. The molecule has 25 heavy (non-hydrogen) atoms. The van der Waals surface area contributed by atoms with Crippen LogP contribution < -0.4 is 16.8 Å². The van der Waals surface area contributed by atoms with Crippen LogP contribution in [0.25, 0.3) is 5.65 Å². The summed E-state index contributed by atoms with van der Waals surface area (Å²) in [6, 6.07) is 6.82. The molecule has 0 amide bonds. The van der Waals surface area contributed by atoms with Gasteiger partial charge in [-0.25, -0.2) is 13.9 Å². The zero-order valence-corrected chi connectivity index (χ0v) is 13.8. The number of rotatable bonds is 3. The van der Waals surface area contributed by atoms with Gasteiger partial charge >= 0.3 is 0 Å². The standard InChI is InChI=1S/C18H21FN6/c19-13-3-1-2-4-14(13)23-16-15(11-5-7-12(20)8-6-11)17(21)24-25-10-9-22-18(16)25/h1-4,9-12,23H,5-8,20H2,(H2,21,24)/t11-,12-. The summed E-state index contributed by atoms with van der Waals surface area (Å²) in [6.45, 7) is 0. The van der Waals surface area contributed by atoms with E-state index in [9.17, 15) is 4.39 Å². The highest BCUT2D eigenvalue weighted by atomic mass is 19.1. The fourth-order valence-corrected chi connectivity index (χ4v) is 3.62. The maximum atomic E-state index is 14.2.